The van der Waals surface area contributed by atoms with E-state index in [2.05, 4.69) is 27.9 Å². The summed E-state index contributed by atoms with van der Waals surface area (Å²) >= 11 is 2.17. The molecule has 0 saturated carbocycles. The van der Waals surface area contributed by atoms with Gasteiger partial charge >= 0.3 is 0 Å². The van der Waals surface area contributed by atoms with Gasteiger partial charge in [-0.2, -0.15) is 0 Å². The van der Waals surface area contributed by atoms with Gasteiger partial charge in [-0.15, -0.1) is 0 Å². The van der Waals surface area contributed by atoms with Crippen molar-refractivity contribution in [3.8, 4) is 11.5 Å². The van der Waals surface area contributed by atoms with Gasteiger partial charge in [-0.3, -0.25) is 9.10 Å². The summed E-state index contributed by atoms with van der Waals surface area (Å²) in [6, 6.07) is 18.4. The molecule has 0 radical (unpaired) electrons. The Labute approximate surface area is 201 Å². The molecule has 0 aliphatic rings. The summed E-state index contributed by atoms with van der Waals surface area (Å²) in [6.07, 6.45) is 0. The van der Waals surface area contributed by atoms with Crippen LogP contribution in [-0.4, -0.2) is 35.1 Å². The normalized spacial score (nSPS) is 11.0. The van der Waals surface area contributed by atoms with Crippen molar-refractivity contribution in [2.45, 2.75) is 11.8 Å². The number of amides is 1. The number of anilines is 2. The Morgan fingerprint density at radius 2 is 1.62 bits per heavy atom. The molecule has 1 amide bonds. The minimum Gasteiger partial charge on any atom is -0.497 e. The summed E-state index contributed by atoms with van der Waals surface area (Å²) in [6.45, 7) is 1.43. The van der Waals surface area contributed by atoms with Gasteiger partial charge < -0.3 is 14.8 Å². The fourth-order valence-electron chi connectivity index (χ4n) is 2.99. The van der Waals surface area contributed by atoms with Crippen LogP contribution in [0.1, 0.15) is 5.56 Å². The summed E-state index contributed by atoms with van der Waals surface area (Å²) in [5, 5.41) is 2.75. The van der Waals surface area contributed by atoms with Crippen molar-refractivity contribution < 1.29 is 22.7 Å². The largest absolute Gasteiger partial charge is 0.497 e. The van der Waals surface area contributed by atoms with Gasteiger partial charge in [0.2, 0.25) is 5.91 Å². The molecule has 7 nitrogen and oxygen atoms in total. The van der Waals surface area contributed by atoms with Gasteiger partial charge in [-0.05, 0) is 78.0 Å². The number of carbonyl (C=O) groups is 1. The second-order valence-corrected chi connectivity index (χ2v) is 10.0. The van der Waals surface area contributed by atoms with Crippen LogP contribution in [0.3, 0.4) is 0 Å². The summed E-state index contributed by atoms with van der Waals surface area (Å²) in [5.74, 6) is 0.281. The van der Waals surface area contributed by atoms with Crippen molar-refractivity contribution in [3.63, 3.8) is 0 Å². The first kappa shape index (κ1) is 23.9. The number of hydrogen-bond acceptors (Lipinski definition) is 5. The number of nitrogens with one attached hydrogen (secondary N) is 1. The number of sulfonamides is 1. The van der Waals surface area contributed by atoms with Crippen molar-refractivity contribution >= 4 is 49.9 Å². The fourth-order valence-corrected chi connectivity index (χ4v) is 4.78. The van der Waals surface area contributed by atoms with E-state index in [0.717, 1.165) is 13.4 Å². The summed E-state index contributed by atoms with van der Waals surface area (Å²) in [5.41, 5.74) is 1.73. The first-order valence-corrected chi connectivity index (χ1v) is 12.1. The highest BCUT2D eigenvalue weighted by Gasteiger charge is 2.29. The molecule has 0 atom stereocenters. The molecule has 32 heavy (non-hydrogen) atoms. The van der Waals surface area contributed by atoms with E-state index in [0.29, 0.717) is 11.4 Å². The summed E-state index contributed by atoms with van der Waals surface area (Å²) in [4.78, 5) is 12.9. The number of aryl methyl sites for hydroxylation is 1. The van der Waals surface area contributed by atoms with Crippen LogP contribution >= 0.6 is 22.6 Å². The number of nitrogens with zero attached hydrogens (tertiary/aromatic N) is 1. The van der Waals surface area contributed by atoms with Gasteiger partial charge in [0.1, 0.15) is 18.0 Å². The van der Waals surface area contributed by atoms with Crippen molar-refractivity contribution in [2.75, 3.05) is 30.4 Å². The predicted molar refractivity (Wildman–Crippen MR) is 133 cm³/mol. The molecule has 3 aromatic carbocycles. The Morgan fingerprint density at radius 1 is 0.969 bits per heavy atom. The highest BCUT2D eigenvalue weighted by Crippen LogP contribution is 2.35. The Hall–Kier alpha value is -2.79. The van der Waals surface area contributed by atoms with Crippen LogP contribution in [0.2, 0.25) is 0 Å². The Balaban J connectivity index is 2.02. The second-order valence-electron chi connectivity index (χ2n) is 6.92. The number of benzene rings is 3. The molecule has 0 aliphatic carbocycles. The maximum absolute atomic E-state index is 13.6. The molecule has 0 saturated heterocycles. The van der Waals surface area contributed by atoms with Crippen LogP contribution in [0.4, 0.5) is 11.4 Å². The molecule has 168 valence electrons. The zero-order valence-corrected chi connectivity index (χ0v) is 20.8. The highest BCUT2D eigenvalue weighted by atomic mass is 127. The molecule has 0 heterocycles. The molecule has 0 spiro atoms. The lowest BCUT2D eigenvalue weighted by atomic mass is 10.2. The molecule has 1 N–H and O–H groups in total. The first-order valence-electron chi connectivity index (χ1n) is 9.61. The van der Waals surface area contributed by atoms with Gasteiger partial charge in [0.05, 0.1) is 24.8 Å². The third kappa shape index (κ3) is 5.52. The van der Waals surface area contributed by atoms with Crippen LogP contribution in [0.15, 0.2) is 71.6 Å². The monoisotopic (exact) mass is 566 g/mol. The van der Waals surface area contributed by atoms with E-state index in [9.17, 15) is 13.2 Å². The van der Waals surface area contributed by atoms with Crippen molar-refractivity contribution in [3.05, 3.63) is 75.9 Å². The van der Waals surface area contributed by atoms with Crippen LogP contribution < -0.4 is 19.1 Å². The maximum atomic E-state index is 13.6. The third-order valence-corrected chi connectivity index (χ3v) is 7.17. The fraction of sp³-hybridized carbons (Fsp3) is 0.174. The Bertz CT molecular complexity index is 1200. The lowest BCUT2D eigenvalue weighted by molar-refractivity contribution is -0.114. The van der Waals surface area contributed by atoms with Gasteiger partial charge in [0, 0.05) is 15.3 Å². The minimum absolute atomic E-state index is 0.0723. The van der Waals surface area contributed by atoms with E-state index in [1.165, 1.54) is 26.4 Å². The number of methoxy groups -OCH3 is 2. The highest BCUT2D eigenvalue weighted by molar-refractivity contribution is 14.1. The molecule has 0 aromatic heterocycles. The smallest absolute Gasteiger partial charge is 0.264 e. The summed E-state index contributed by atoms with van der Waals surface area (Å²) in [7, 11) is -1.13. The van der Waals surface area contributed by atoms with E-state index < -0.39 is 22.5 Å². The van der Waals surface area contributed by atoms with Gasteiger partial charge in [-0.25, -0.2) is 8.42 Å². The van der Waals surface area contributed by atoms with Crippen LogP contribution in [0.5, 0.6) is 11.5 Å². The van der Waals surface area contributed by atoms with Gasteiger partial charge in [-0.1, -0.05) is 17.7 Å². The van der Waals surface area contributed by atoms with Crippen molar-refractivity contribution in [1.82, 2.24) is 0 Å². The van der Waals surface area contributed by atoms with Crippen LogP contribution in [-0.2, 0) is 14.8 Å². The number of carbonyl (C=O) groups excluding carboxylic acids is 1. The lowest BCUT2D eigenvalue weighted by Gasteiger charge is -2.26. The van der Waals surface area contributed by atoms with E-state index in [1.807, 2.05) is 19.1 Å². The zero-order valence-electron chi connectivity index (χ0n) is 17.8. The maximum Gasteiger partial charge on any atom is 0.264 e. The average Bonchev–Trinajstić information content (AvgIpc) is 2.79. The van der Waals surface area contributed by atoms with E-state index in [-0.39, 0.29) is 16.3 Å². The topological polar surface area (TPSA) is 84.9 Å². The summed E-state index contributed by atoms with van der Waals surface area (Å²) < 4.78 is 39.8. The van der Waals surface area contributed by atoms with E-state index in [1.54, 1.807) is 42.5 Å². The van der Waals surface area contributed by atoms with E-state index in [4.69, 9.17) is 9.47 Å². The number of ether oxygens (including phenoxy) is 2. The van der Waals surface area contributed by atoms with Gasteiger partial charge in [0.25, 0.3) is 10.0 Å². The SMILES string of the molecule is COc1ccc(N(CC(=O)Nc2ccc(I)cc2)S(=O)(=O)c2ccc(C)cc2)c(OC)c1. The molecule has 3 aromatic rings. The van der Waals surface area contributed by atoms with Gasteiger partial charge in [0.15, 0.2) is 0 Å². The quantitative estimate of drug-likeness (QED) is 0.408. The molecule has 0 aliphatic heterocycles. The molecule has 0 fully saturated rings. The lowest BCUT2D eigenvalue weighted by Crippen LogP contribution is -2.38. The average molecular weight is 566 g/mol. The molecule has 0 unspecified atom stereocenters. The Kier molecular flexibility index (Phi) is 7.62. The minimum atomic E-state index is -4.07. The van der Waals surface area contributed by atoms with Crippen LogP contribution in [0.25, 0.3) is 0 Å². The van der Waals surface area contributed by atoms with Crippen molar-refractivity contribution in [1.29, 1.82) is 0 Å². The standard InChI is InChI=1S/C23H23IN2O5S/c1-16-4-11-20(12-5-16)32(28,29)26(21-13-10-19(30-2)14-22(21)31-3)15-23(27)25-18-8-6-17(24)7-9-18/h4-14H,15H2,1-3H3,(H,25,27). The van der Waals surface area contributed by atoms with E-state index >= 15 is 0 Å². The first-order chi connectivity index (χ1) is 15.2. The molecule has 0 bridgehead atoms. The number of rotatable bonds is 8. The molecular weight excluding hydrogens is 543 g/mol. The second kappa shape index (κ2) is 10.2. The number of hydrogen-bond donors (Lipinski definition) is 1. The van der Waals surface area contributed by atoms with Crippen molar-refractivity contribution in [2.24, 2.45) is 0 Å². The molecule has 3 rings (SSSR count). The number of halogens is 1. The Morgan fingerprint density at radius 3 is 2.22 bits per heavy atom. The predicted octanol–water partition coefficient (Wildman–Crippen LogP) is 4.45. The molecular formula is C23H23IN2O5S. The molecule has 9 heteroatoms. The third-order valence-electron chi connectivity index (χ3n) is 4.68. The van der Waals surface area contributed by atoms with Crippen LogP contribution in [0, 0.1) is 10.5 Å². The zero-order chi connectivity index (χ0) is 23.3.